The van der Waals surface area contributed by atoms with Gasteiger partial charge in [-0.25, -0.2) is 4.98 Å². The molecule has 2 rings (SSSR count). The monoisotopic (exact) mass is 270 g/mol. The summed E-state index contributed by atoms with van der Waals surface area (Å²) in [6.07, 6.45) is 4.00. The normalized spacial score (nSPS) is 16.3. The number of carboxylic acid groups (broad SMARTS) is 1. The molecule has 1 atom stereocenters. The van der Waals surface area contributed by atoms with Crippen molar-refractivity contribution in [2.24, 2.45) is 11.7 Å². The lowest BCUT2D eigenvalue weighted by molar-refractivity contribution is -0.138. The van der Waals surface area contributed by atoms with Crippen LogP contribution in [0.4, 0.5) is 0 Å². The Labute approximate surface area is 110 Å². The minimum atomic E-state index is -1.05. The second-order valence-corrected chi connectivity index (χ2v) is 4.96. The first-order chi connectivity index (χ1) is 8.56. The second-order valence-electron chi connectivity index (χ2n) is 4.52. The summed E-state index contributed by atoms with van der Waals surface area (Å²) in [4.78, 5) is 14.8. The molecule has 6 heteroatoms. The molecule has 1 aliphatic rings. The van der Waals surface area contributed by atoms with Crippen LogP contribution in [0.3, 0.4) is 0 Å². The molecule has 0 aliphatic heterocycles. The molecule has 1 aromatic heterocycles. The highest BCUT2D eigenvalue weighted by molar-refractivity contribution is 6.30. The summed E-state index contributed by atoms with van der Waals surface area (Å²) < 4.78 is 5.58. The van der Waals surface area contributed by atoms with Crippen LogP contribution >= 0.6 is 11.6 Å². The molecule has 1 heterocycles. The third-order valence-corrected chi connectivity index (χ3v) is 3.01. The van der Waals surface area contributed by atoms with Crippen LogP contribution in [0.15, 0.2) is 12.3 Å². The Morgan fingerprint density at radius 3 is 3.00 bits per heavy atom. The second kappa shape index (κ2) is 5.54. The predicted octanol–water partition coefficient (Wildman–Crippen LogP) is 1.48. The molecule has 1 fully saturated rings. The van der Waals surface area contributed by atoms with Gasteiger partial charge in [0.1, 0.15) is 6.04 Å². The smallest absolute Gasteiger partial charge is 0.320 e. The lowest BCUT2D eigenvalue weighted by Gasteiger charge is -2.12. The van der Waals surface area contributed by atoms with E-state index in [9.17, 15) is 4.79 Å². The van der Waals surface area contributed by atoms with E-state index in [1.165, 1.54) is 19.0 Å². The Bertz CT molecular complexity index is 449. The molecule has 0 amide bonds. The van der Waals surface area contributed by atoms with Gasteiger partial charge in [0, 0.05) is 18.2 Å². The summed E-state index contributed by atoms with van der Waals surface area (Å²) in [5, 5.41) is 9.26. The van der Waals surface area contributed by atoms with Crippen LogP contribution in [0.25, 0.3) is 0 Å². The fraction of sp³-hybridized carbons (Fsp3) is 0.500. The van der Waals surface area contributed by atoms with Gasteiger partial charge >= 0.3 is 5.97 Å². The molecule has 0 aromatic carbocycles. The van der Waals surface area contributed by atoms with Crippen LogP contribution in [0.2, 0.25) is 5.02 Å². The van der Waals surface area contributed by atoms with E-state index in [4.69, 9.17) is 27.2 Å². The van der Waals surface area contributed by atoms with Crippen molar-refractivity contribution in [1.29, 1.82) is 0 Å². The summed E-state index contributed by atoms with van der Waals surface area (Å²) >= 11 is 5.85. The Morgan fingerprint density at radius 2 is 2.39 bits per heavy atom. The molecular weight excluding hydrogens is 256 g/mol. The van der Waals surface area contributed by atoms with Crippen LogP contribution in [-0.4, -0.2) is 28.7 Å². The Balaban J connectivity index is 2.08. The van der Waals surface area contributed by atoms with Crippen LogP contribution in [0.5, 0.6) is 5.88 Å². The topological polar surface area (TPSA) is 85.4 Å². The highest BCUT2D eigenvalue weighted by Crippen LogP contribution is 2.30. The lowest BCUT2D eigenvalue weighted by Crippen LogP contribution is -2.32. The molecule has 0 spiro atoms. The van der Waals surface area contributed by atoms with E-state index < -0.39 is 12.0 Å². The van der Waals surface area contributed by atoms with Crippen LogP contribution in [0.1, 0.15) is 18.4 Å². The van der Waals surface area contributed by atoms with E-state index in [0.717, 1.165) is 0 Å². The van der Waals surface area contributed by atoms with E-state index in [1.807, 2.05) is 0 Å². The number of aliphatic carboxylic acids is 1. The number of ether oxygens (including phenoxy) is 1. The van der Waals surface area contributed by atoms with E-state index >= 15 is 0 Å². The van der Waals surface area contributed by atoms with Crippen molar-refractivity contribution >= 4 is 17.6 Å². The molecule has 1 aliphatic carbocycles. The van der Waals surface area contributed by atoms with E-state index in [1.54, 1.807) is 6.07 Å². The zero-order chi connectivity index (χ0) is 13.1. The van der Waals surface area contributed by atoms with E-state index in [-0.39, 0.29) is 6.42 Å². The van der Waals surface area contributed by atoms with Crippen LogP contribution in [0, 0.1) is 5.92 Å². The fourth-order valence-electron chi connectivity index (χ4n) is 1.55. The molecule has 5 nitrogen and oxygen atoms in total. The zero-order valence-electron chi connectivity index (χ0n) is 9.80. The third-order valence-electron chi connectivity index (χ3n) is 2.80. The number of hydrogen-bond acceptors (Lipinski definition) is 4. The third kappa shape index (κ3) is 3.58. The number of hydrogen-bond donors (Lipinski definition) is 2. The van der Waals surface area contributed by atoms with Gasteiger partial charge in [-0.2, -0.15) is 0 Å². The van der Waals surface area contributed by atoms with Gasteiger partial charge in [0.2, 0.25) is 5.88 Å². The first kappa shape index (κ1) is 13.1. The first-order valence-electron chi connectivity index (χ1n) is 5.82. The number of nitrogens with zero attached hydrogens (tertiary/aromatic N) is 1. The van der Waals surface area contributed by atoms with Crippen LogP contribution in [-0.2, 0) is 11.2 Å². The summed E-state index contributed by atoms with van der Waals surface area (Å²) in [6, 6.07) is 0.674. The van der Waals surface area contributed by atoms with E-state index in [2.05, 4.69) is 4.98 Å². The maximum absolute atomic E-state index is 10.8. The maximum atomic E-state index is 10.8. The molecule has 98 valence electrons. The largest absolute Gasteiger partial charge is 0.480 e. The molecule has 0 saturated heterocycles. The standard InChI is InChI=1S/C12H15ClN2O3/c13-9-3-8(4-10(14)12(16)17)11(15-5-9)18-6-7-1-2-7/h3,5,7,10H,1-2,4,6,14H2,(H,16,17)/t10-/m0/s1. The highest BCUT2D eigenvalue weighted by Gasteiger charge is 2.23. The number of carbonyl (C=O) groups is 1. The fourth-order valence-corrected chi connectivity index (χ4v) is 1.73. The van der Waals surface area contributed by atoms with Gasteiger partial charge in [-0.1, -0.05) is 11.6 Å². The van der Waals surface area contributed by atoms with Gasteiger partial charge in [0.25, 0.3) is 0 Å². The summed E-state index contributed by atoms with van der Waals surface area (Å²) in [5.74, 6) is -0.0189. The zero-order valence-corrected chi connectivity index (χ0v) is 10.6. The predicted molar refractivity (Wildman–Crippen MR) is 66.8 cm³/mol. The Morgan fingerprint density at radius 1 is 1.67 bits per heavy atom. The minimum Gasteiger partial charge on any atom is -0.480 e. The van der Waals surface area contributed by atoms with Crippen molar-refractivity contribution in [3.8, 4) is 5.88 Å². The van der Waals surface area contributed by atoms with Gasteiger partial charge in [-0.05, 0) is 24.8 Å². The SMILES string of the molecule is N[C@@H](Cc1cc(Cl)cnc1OCC1CC1)C(=O)O. The summed E-state index contributed by atoms with van der Waals surface area (Å²) in [6.45, 7) is 0.615. The number of rotatable bonds is 6. The molecular formula is C12H15ClN2O3. The molecule has 0 radical (unpaired) electrons. The first-order valence-corrected chi connectivity index (χ1v) is 6.19. The molecule has 0 unspecified atom stereocenters. The van der Waals surface area contributed by atoms with Crippen molar-refractivity contribution in [3.05, 3.63) is 22.8 Å². The average molecular weight is 271 g/mol. The van der Waals surface area contributed by atoms with Crippen molar-refractivity contribution in [2.45, 2.75) is 25.3 Å². The number of aromatic nitrogens is 1. The molecule has 1 aromatic rings. The highest BCUT2D eigenvalue weighted by atomic mass is 35.5. The molecule has 1 saturated carbocycles. The molecule has 18 heavy (non-hydrogen) atoms. The van der Waals surface area contributed by atoms with Crippen LogP contribution < -0.4 is 10.5 Å². The summed E-state index contributed by atoms with van der Waals surface area (Å²) in [5.41, 5.74) is 6.15. The van der Waals surface area contributed by atoms with Gasteiger partial charge in [-0.15, -0.1) is 0 Å². The van der Waals surface area contributed by atoms with E-state index in [0.29, 0.717) is 29.0 Å². The number of halogens is 1. The number of pyridine rings is 1. The average Bonchev–Trinajstić information content (AvgIpc) is 3.11. The Hall–Kier alpha value is -1.33. The van der Waals surface area contributed by atoms with Crippen molar-refractivity contribution in [1.82, 2.24) is 4.98 Å². The van der Waals surface area contributed by atoms with Crippen molar-refractivity contribution in [3.63, 3.8) is 0 Å². The van der Waals surface area contributed by atoms with Crippen molar-refractivity contribution in [2.75, 3.05) is 6.61 Å². The minimum absolute atomic E-state index is 0.156. The molecule has 0 bridgehead atoms. The maximum Gasteiger partial charge on any atom is 0.320 e. The van der Waals surface area contributed by atoms with Gasteiger partial charge in [0.15, 0.2) is 0 Å². The number of carboxylic acids is 1. The lowest BCUT2D eigenvalue weighted by atomic mass is 10.1. The molecule has 3 N–H and O–H groups in total. The number of nitrogens with two attached hydrogens (primary N) is 1. The van der Waals surface area contributed by atoms with Crippen molar-refractivity contribution < 1.29 is 14.6 Å². The summed E-state index contributed by atoms with van der Waals surface area (Å²) in [7, 11) is 0. The Kier molecular flexibility index (Phi) is 4.04. The van der Waals surface area contributed by atoms with Gasteiger partial charge in [-0.3, -0.25) is 4.79 Å². The van der Waals surface area contributed by atoms with Gasteiger partial charge in [0.05, 0.1) is 11.6 Å². The van der Waals surface area contributed by atoms with Gasteiger partial charge < -0.3 is 15.6 Å². The quantitative estimate of drug-likeness (QED) is 0.818.